The van der Waals surface area contributed by atoms with Gasteiger partial charge in [-0.25, -0.2) is 4.98 Å². The van der Waals surface area contributed by atoms with Crippen LogP contribution >= 0.6 is 0 Å². The summed E-state index contributed by atoms with van der Waals surface area (Å²) in [5.41, 5.74) is 0.810. The van der Waals surface area contributed by atoms with Crippen molar-refractivity contribution >= 4 is 0 Å². The van der Waals surface area contributed by atoms with Gasteiger partial charge in [-0.15, -0.1) is 0 Å². The van der Waals surface area contributed by atoms with Crippen molar-refractivity contribution in [2.75, 3.05) is 13.2 Å². The molecular weight excluding hydrogens is 296 g/mol. The molecule has 0 saturated carbocycles. The van der Waals surface area contributed by atoms with E-state index in [1.807, 2.05) is 13.8 Å². The lowest BCUT2D eigenvalue weighted by molar-refractivity contribution is -0.0767. The first-order valence-electron chi connectivity index (χ1n) is 7.95. The molecular formula is C16H24N4O3. The fourth-order valence-corrected chi connectivity index (χ4v) is 2.78. The number of aromatic nitrogens is 3. The van der Waals surface area contributed by atoms with Crippen LogP contribution in [0.25, 0.3) is 0 Å². The minimum absolute atomic E-state index is 0.0161. The van der Waals surface area contributed by atoms with E-state index < -0.39 is 0 Å². The minimum atomic E-state index is -0.0977. The van der Waals surface area contributed by atoms with Gasteiger partial charge in [0.25, 0.3) is 0 Å². The molecule has 1 aliphatic heterocycles. The summed E-state index contributed by atoms with van der Waals surface area (Å²) in [5, 5.41) is 3.90. The minimum Gasteiger partial charge on any atom is -0.448 e. The fourth-order valence-electron chi connectivity index (χ4n) is 2.78. The molecule has 0 spiro atoms. The van der Waals surface area contributed by atoms with Gasteiger partial charge < -0.3 is 13.7 Å². The van der Waals surface area contributed by atoms with Crippen LogP contribution in [0.1, 0.15) is 57.0 Å². The average molecular weight is 320 g/mol. The molecule has 2 atom stereocenters. The summed E-state index contributed by atoms with van der Waals surface area (Å²) < 4.78 is 16.8. The predicted octanol–water partition coefficient (Wildman–Crippen LogP) is 2.63. The molecule has 7 heteroatoms. The molecule has 126 valence electrons. The number of ether oxygens (including phenoxy) is 1. The molecule has 3 rings (SSSR count). The first kappa shape index (κ1) is 16.1. The Balaban J connectivity index is 1.80. The number of nitrogens with zero attached hydrogens (tertiary/aromatic N) is 4. The largest absolute Gasteiger partial charge is 0.448 e. The second-order valence-corrected chi connectivity index (χ2v) is 7.07. The fraction of sp³-hybridized carbons (Fsp3) is 0.688. The third-order valence-corrected chi connectivity index (χ3v) is 3.95. The maximum Gasteiger partial charge on any atom is 0.246 e. The molecule has 0 unspecified atom stereocenters. The number of rotatable bonds is 3. The second kappa shape index (κ2) is 6.05. The van der Waals surface area contributed by atoms with Crippen molar-refractivity contribution in [2.45, 2.75) is 58.7 Å². The van der Waals surface area contributed by atoms with Gasteiger partial charge in [0.05, 0.1) is 18.4 Å². The Kier molecular flexibility index (Phi) is 4.25. The molecule has 0 radical (unpaired) electrons. The summed E-state index contributed by atoms with van der Waals surface area (Å²) >= 11 is 0. The highest BCUT2D eigenvalue weighted by atomic mass is 16.5. The Morgan fingerprint density at radius 1 is 1.30 bits per heavy atom. The molecule has 0 aromatic carbocycles. The van der Waals surface area contributed by atoms with Crippen molar-refractivity contribution in [1.82, 2.24) is 20.0 Å². The van der Waals surface area contributed by atoms with E-state index in [1.165, 1.54) is 0 Å². The van der Waals surface area contributed by atoms with Crippen molar-refractivity contribution in [2.24, 2.45) is 0 Å². The summed E-state index contributed by atoms with van der Waals surface area (Å²) in [7, 11) is 0. The second-order valence-electron chi connectivity index (χ2n) is 7.07. The normalized spacial score (nSPS) is 23.3. The zero-order valence-electron chi connectivity index (χ0n) is 14.4. The van der Waals surface area contributed by atoms with Gasteiger partial charge in [0.2, 0.25) is 5.89 Å². The monoisotopic (exact) mass is 320 g/mol. The highest BCUT2D eigenvalue weighted by Gasteiger charge is 2.35. The van der Waals surface area contributed by atoms with E-state index in [4.69, 9.17) is 13.7 Å². The lowest BCUT2D eigenvalue weighted by Crippen LogP contribution is -2.43. The number of morpholine rings is 1. The van der Waals surface area contributed by atoms with Gasteiger partial charge >= 0.3 is 0 Å². The van der Waals surface area contributed by atoms with Gasteiger partial charge in [-0.1, -0.05) is 25.9 Å². The standard InChI is InChI=1S/C16H24N4O3/c1-10-13(14-17-11(2)19-23-14)20(6-7-21-10)8-12-9-22-15(18-12)16(3,4)5/h9-10,13H,6-8H2,1-5H3/t10-,13+/m1/s1. The first-order valence-corrected chi connectivity index (χ1v) is 7.95. The van der Waals surface area contributed by atoms with Gasteiger partial charge in [-0.3, -0.25) is 4.90 Å². The molecule has 3 heterocycles. The summed E-state index contributed by atoms with van der Waals surface area (Å²) in [5.74, 6) is 1.97. The van der Waals surface area contributed by atoms with Crippen molar-refractivity contribution in [1.29, 1.82) is 0 Å². The smallest absolute Gasteiger partial charge is 0.246 e. The van der Waals surface area contributed by atoms with Crippen LogP contribution in [0.5, 0.6) is 0 Å². The van der Waals surface area contributed by atoms with Crippen LogP contribution in [0.2, 0.25) is 0 Å². The number of aryl methyl sites for hydroxylation is 1. The molecule has 23 heavy (non-hydrogen) atoms. The first-order chi connectivity index (χ1) is 10.8. The average Bonchev–Trinajstić information content (AvgIpc) is 3.08. The van der Waals surface area contributed by atoms with Gasteiger partial charge in [0, 0.05) is 18.5 Å². The molecule has 0 N–H and O–H groups in total. The van der Waals surface area contributed by atoms with Crippen LogP contribution in [0.3, 0.4) is 0 Å². The Hall–Kier alpha value is -1.73. The van der Waals surface area contributed by atoms with E-state index in [0.717, 1.165) is 18.1 Å². The summed E-state index contributed by atoms with van der Waals surface area (Å²) in [6, 6.07) is -0.0697. The van der Waals surface area contributed by atoms with Crippen LogP contribution in [0.15, 0.2) is 15.2 Å². The van der Waals surface area contributed by atoms with Crippen molar-refractivity contribution in [3.63, 3.8) is 0 Å². The van der Waals surface area contributed by atoms with Crippen molar-refractivity contribution in [3.05, 3.63) is 29.6 Å². The van der Waals surface area contributed by atoms with E-state index in [2.05, 4.69) is 40.8 Å². The van der Waals surface area contributed by atoms with Crippen LogP contribution in [-0.2, 0) is 16.7 Å². The quantitative estimate of drug-likeness (QED) is 0.860. The lowest BCUT2D eigenvalue weighted by atomic mass is 9.97. The molecule has 0 bridgehead atoms. The summed E-state index contributed by atoms with van der Waals surface area (Å²) in [6.07, 6.45) is 1.72. The van der Waals surface area contributed by atoms with Crippen LogP contribution in [0, 0.1) is 6.92 Å². The summed E-state index contributed by atoms with van der Waals surface area (Å²) in [6.45, 7) is 12.2. The van der Waals surface area contributed by atoms with Gasteiger partial charge in [0.15, 0.2) is 11.7 Å². The van der Waals surface area contributed by atoms with Gasteiger partial charge in [0.1, 0.15) is 12.3 Å². The highest BCUT2D eigenvalue weighted by Crippen LogP contribution is 2.30. The van der Waals surface area contributed by atoms with Crippen LogP contribution in [0.4, 0.5) is 0 Å². The molecule has 2 aromatic heterocycles. The molecule has 1 fully saturated rings. The number of oxazole rings is 1. The molecule has 0 aliphatic carbocycles. The zero-order valence-corrected chi connectivity index (χ0v) is 14.4. The predicted molar refractivity (Wildman–Crippen MR) is 82.8 cm³/mol. The molecule has 1 saturated heterocycles. The van der Waals surface area contributed by atoms with Crippen LogP contribution < -0.4 is 0 Å². The van der Waals surface area contributed by atoms with E-state index in [0.29, 0.717) is 24.9 Å². The third-order valence-electron chi connectivity index (χ3n) is 3.95. The van der Waals surface area contributed by atoms with Gasteiger partial charge in [-0.05, 0) is 13.8 Å². The van der Waals surface area contributed by atoms with E-state index >= 15 is 0 Å². The van der Waals surface area contributed by atoms with E-state index in [1.54, 1.807) is 6.26 Å². The number of hydrogen-bond acceptors (Lipinski definition) is 7. The van der Waals surface area contributed by atoms with Gasteiger partial charge in [-0.2, -0.15) is 4.98 Å². The SMILES string of the molecule is Cc1noc([C@@H]2[C@@H](C)OCCN2Cc2coc(C(C)(C)C)n2)n1. The maximum atomic E-state index is 5.77. The molecule has 1 aliphatic rings. The Morgan fingerprint density at radius 3 is 2.70 bits per heavy atom. The third kappa shape index (κ3) is 3.45. The molecule has 2 aromatic rings. The Labute approximate surface area is 136 Å². The Morgan fingerprint density at radius 2 is 2.09 bits per heavy atom. The van der Waals surface area contributed by atoms with Crippen LogP contribution in [-0.4, -0.2) is 39.3 Å². The van der Waals surface area contributed by atoms with E-state index in [-0.39, 0.29) is 17.6 Å². The Bertz CT molecular complexity index is 658. The van der Waals surface area contributed by atoms with Crippen molar-refractivity contribution in [3.8, 4) is 0 Å². The van der Waals surface area contributed by atoms with E-state index in [9.17, 15) is 0 Å². The number of hydrogen-bond donors (Lipinski definition) is 0. The molecule has 7 nitrogen and oxygen atoms in total. The lowest BCUT2D eigenvalue weighted by Gasteiger charge is -2.37. The topological polar surface area (TPSA) is 77.4 Å². The highest BCUT2D eigenvalue weighted by molar-refractivity contribution is 5.06. The summed E-state index contributed by atoms with van der Waals surface area (Å²) in [4.78, 5) is 11.3. The zero-order chi connectivity index (χ0) is 16.6. The molecule has 0 amide bonds. The maximum absolute atomic E-state index is 5.77. The van der Waals surface area contributed by atoms with Crippen molar-refractivity contribution < 1.29 is 13.7 Å².